The smallest absolute Gasteiger partial charge is 0.270 e. The van der Waals surface area contributed by atoms with Gasteiger partial charge < -0.3 is 4.42 Å². The Labute approximate surface area is 172 Å². The SMILES string of the molecule is Cc1ccc([N+](=O)[O-])cc1-c1ccc(/C=N\N2C(=O)[C@@H]3[C@H](C2=O)[C@@H]2C=C[C@@H]3CC2)o1. The van der Waals surface area contributed by atoms with Gasteiger partial charge in [0.2, 0.25) is 0 Å². The summed E-state index contributed by atoms with van der Waals surface area (Å²) in [5.41, 5.74) is 1.41. The van der Waals surface area contributed by atoms with Crippen molar-refractivity contribution in [3.63, 3.8) is 0 Å². The minimum Gasteiger partial charge on any atom is -0.455 e. The third-order valence-corrected chi connectivity index (χ3v) is 6.36. The zero-order valence-corrected chi connectivity index (χ0v) is 16.2. The Morgan fingerprint density at radius 1 is 1.10 bits per heavy atom. The Hall–Kier alpha value is -3.55. The van der Waals surface area contributed by atoms with Crippen LogP contribution >= 0.6 is 0 Å². The minimum absolute atomic E-state index is 0.0266. The van der Waals surface area contributed by atoms with Crippen LogP contribution in [0.4, 0.5) is 5.69 Å². The zero-order valence-electron chi connectivity index (χ0n) is 16.2. The number of benzene rings is 1. The molecule has 6 rings (SSSR count). The topological polar surface area (TPSA) is 106 Å². The number of non-ortho nitro benzene ring substituents is 1. The third kappa shape index (κ3) is 2.79. The van der Waals surface area contributed by atoms with Crippen molar-refractivity contribution in [1.82, 2.24) is 5.01 Å². The lowest BCUT2D eigenvalue weighted by Gasteiger charge is -2.37. The number of furan rings is 1. The lowest BCUT2D eigenvalue weighted by molar-refractivity contribution is -0.384. The summed E-state index contributed by atoms with van der Waals surface area (Å²) in [6.07, 6.45) is 7.34. The number of allylic oxidation sites excluding steroid dienone is 2. The van der Waals surface area contributed by atoms with Crippen molar-refractivity contribution in [1.29, 1.82) is 0 Å². The highest BCUT2D eigenvalue weighted by molar-refractivity contribution is 6.06. The van der Waals surface area contributed by atoms with Crippen molar-refractivity contribution in [3.8, 4) is 11.3 Å². The van der Waals surface area contributed by atoms with Crippen LogP contribution in [0.3, 0.4) is 0 Å². The summed E-state index contributed by atoms with van der Waals surface area (Å²) < 4.78 is 5.76. The van der Waals surface area contributed by atoms with Gasteiger partial charge in [0.05, 0.1) is 23.0 Å². The lowest BCUT2D eigenvalue weighted by Crippen LogP contribution is -2.38. The van der Waals surface area contributed by atoms with E-state index >= 15 is 0 Å². The molecule has 3 aliphatic carbocycles. The standard InChI is InChI=1S/C22H19N3O5/c1-12-2-7-15(25(28)29)10-17(12)18-9-8-16(30-18)11-23-24-21(26)19-13-3-4-14(6-5-13)20(19)22(24)27/h2-4,7-11,13-14,19-20H,5-6H2,1H3/b23-11-/t13-,14-,19-,20+/m1/s1. The molecule has 152 valence electrons. The van der Waals surface area contributed by atoms with E-state index in [-0.39, 0.29) is 41.2 Å². The predicted octanol–water partition coefficient (Wildman–Crippen LogP) is 3.69. The molecule has 4 aliphatic rings. The molecular formula is C22H19N3O5. The first-order valence-electron chi connectivity index (χ1n) is 9.89. The molecule has 2 bridgehead atoms. The molecule has 8 heteroatoms. The summed E-state index contributed by atoms with van der Waals surface area (Å²) in [5.74, 6) is -0.0769. The Bertz CT molecular complexity index is 1100. The van der Waals surface area contributed by atoms with E-state index in [1.165, 1.54) is 18.3 Å². The van der Waals surface area contributed by atoms with Gasteiger partial charge in [0.1, 0.15) is 11.5 Å². The molecule has 0 spiro atoms. The monoisotopic (exact) mass is 405 g/mol. The third-order valence-electron chi connectivity index (χ3n) is 6.36. The van der Waals surface area contributed by atoms with Gasteiger partial charge in [-0.15, -0.1) is 0 Å². The molecule has 0 radical (unpaired) electrons. The maximum Gasteiger partial charge on any atom is 0.270 e. The van der Waals surface area contributed by atoms with Crippen molar-refractivity contribution >= 4 is 23.7 Å². The molecule has 1 saturated carbocycles. The lowest BCUT2D eigenvalue weighted by atomic mass is 9.63. The Kier molecular flexibility index (Phi) is 4.16. The van der Waals surface area contributed by atoms with Crippen LogP contribution in [0.2, 0.25) is 0 Å². The number of imide groups is 1. The minimum atomic E-state index is -0.458. The van der Waals surface area contributed by atoms with Gasteiger partial charge in [0.15, 0.2) is 0 Å². The predicted molar refractivity (Wildman–Crippen MR) is 107 cm³/mol. The fourth-order valence-electron chi connectivity index (χ4n) is 4.84. The van der Waals surface area contributed by atoms with Crippen LogP contribution < -0.4 is 0 Å². The first-order chi connectivity index (χ1) is 14.4. The number of fused-ring (bicyclic) bond motifs is 1. The van der Waals surface area contributed by atoms with Gasteiger partial charge in [-0.3, -0.25) is 19.7 Å². The molecule has 2 fully saturated rings. The van der Waals surface area contributed by atoms with Gasteiger partial charge in [0.25, 0.3) is 17.5 Å². The van der Waals surface area contributed by atoms with Gasteiger partial charge in [0, 0.05) is 17.7 Å². The number of rotatable bonds is 4. The molecule has 30 heavy (non-hydrogen) atoms. The Morgan fingerprint density at radius 3 is 2.37 bits per heavy atom. The second-order valence-electron chi connectivity index (χ2n) is 8.03. The first-order valence-corrected chi connectivity index (χ1v) is 9.89. The van der Waals surface area contributed by atoms with Crippen LogP contribution in [0.15, 0.2) is 52.0 Å². The van der Waals surface area contributed by atoms with E-state index in [2.05, 4.69) is 17.3 Å². The fraction of sp³-hybridized carbons (Fsp3) is 0.318. The van der Waals surface area contributed by atoms with Gasteiger partial charge in [-0.05, 0) is 49.3 Å². The van der Waals surface area contributed by atoms with Gasteiger partial charge in [-0.1, -0.05) is 18.2 Å². The number of nitro groups is 1. The average Bonchev–Trinajstić information content (AvgIpc) is 3.32. The second-order valence-corrected chi connectivity index (χ2v) is 8.03. The quantitative estimate of drug-likeness (QED) is 0.254. The molecule has 2 heterocycles. The summed E-state index contributed by atoms with van der Waals surface area (Å²) in [6.45, 7) is 1.83. The molecule has 4 atom stereocenters. The van der Waals surface area contributed by atoms with Gasteiger partial charge in [-0.25, -0.2) is 0 Å². The second kappa shape index (κ2) is 6.76. The van der Waals surface area contributed by atoms with E-state index in [0.717, 1.165) is 23.4 Å². The number of carbonyl (C=O) groups excluding carboxylic acids is 2. The number of nitro benzene ring substituents is 1. The molecule has 1 aromatic heterocycles. The normalized spacial score (nSPS) is 27.3. The van der Waals surface area contributed by atoms with E-state index in [1.54, 1.807) is 18.2 Å². The summed E-state index contributed by atoms with van der Waals surface area (Å²) in [5, 5.41) is 16.2. The zero-order chi connectivity index (χ0) is 21.0. The van der Waals surface area contributed by atoms with E-state index in [9.17, 15) is 19.7 Å². The summed E-state index contributed by atoms with van der Waals surface area (Å²) in [4.78, 5) is 36.2. The van der Waals surface area contributed by atoms with Crippen molar-refractivity contribution in [2.24, 2.45) is 28.8 Å². The molecular weight excluding hydrogens is 386 g/mol. The molecule has 8 nitrogen and oxygen atoms in total. The molecule has 1 aromatic carbocycles. The van der Waals surface area contributed by atoms with E-state index < -0.39 is 4.92 Å². The number of carbonyl (C=O) groups is 2. The molecule has 1 saturated heterocycles. The number of hydrogen-bond donors (Lipinski definition) is 0. The molecule has 0 N–H and O–H groups in total. The summed E-state index contributed by atoms with van der Waals surface area (Å²) in [7, 11) is 0. The van der Waals surface area contributed by atoms with Crippen molar-refractivity contribution in [3.05, 3.63) is 63.9 Å². The average molecular weight is 405 g/mol. The highest BCUT2D eigenvalue weighted by Gasteiger charge is 2.56. The van der Waals surface area contributed by atoms with Crippen LogP contribution in [0.1, 0.15) is 24.2 Å². The Morgan fingerprint density at radius 2 is 1.77 bits per heavy atom. The maximum atomic E-state index is 12.8. The maximum absolute atomic E-state index is 12.8. The number of amides is 2. The largest absolute Gasteiger partial charge is 0.455 e. The highest BCUT2D eigenvalue weighted by Crippen LogP contribution is 2.49. The summed E-state index contributed by atoms with van der Waals surface area (Å²) >= 11 is 0. The van der Waals surface area contributed by atoms with Crippen molar-refractivity contribution in [2.45, 2.75) is 19.8 Å². The van der Waals surface area contributed by atoms with Crippen molar-refractivity contribution < 1.29 is 18.9 Å². The number of aryl methyl sites for hydroxylation is 1. The molecule has 2 aromatic rings. The molecule has 0 unspecified atom stereocenters. The van der Waals surface area contributed by atoms with E-state index in [1.807, 2.05) is 6.92 Å². The molecule has 2 amide bonds. The van der Waals surface area contributed by atoms with E-state index in [0.29, 0.717) is 17.1 Å². The highest BCUT2D eigenvalue weighted by atomic mass is 16.6. The summed E-state index contributed by atoms with van der Waals surface area (Å²) in [6, 6.07) is 7.90. The van der Waals surface area contributed by atoms with Crippen LogP contribution in [-0.4, -0.2) is 28.0 Å². The molecule has 1 aliphatic heterocycles. The fourth-order valence-corrected chi connectivity index (χ4v) is 4.84. The van der Waals surface area contributed by atoms with Crippen LogP contribution in [0.5, 0.6) is 0 Å². The number of nitrogens with zero attached hydrogens (tertiary/aromatic N) is 3. The van der Waals surface area contributed by atoms with Crippen LogP contribution in [0, 0.1) is 40.7 Å². The van der Waals surface area contributed by atoms with Gasteiger partial charge in [-0.2, -0.15) is 10.1 Å². The number of hydrazone groups is 1. The van der Waals surface area contributed by atoms with Crippen molar-refractivity contribution in [2.75, 3.05) is 0 Å². The van der Waals surface area contributed by atoms with E-state index in [4.69, 9.17) is 4.42 Å². The van der Waals surface area contributed by atoms with Crippen LogP contribution in [0.25, 0.3) is 11.3 Å². The first kappa shape index (κ1) is 18.5. The number of hydrogen-bond acceptors (Lipinski definition) is 6. The van der Waals surface area contributed by atoms with Crippen LogP contribution in [-0.2, 0) is 9.59 Å². The van der Waals surface area contributed by atoms with Gasteiger partial charge >= 0.3 is 0 Å². The Balaban J connectivity index is 1.39.